The Balaban J connectivity index is 2.00. The van der Waals surface area contributed by atoms with Crippen molar-refractivity contribution in [1.29, 1.82) is 0 Å². The SMILES string of the molecule is COc1ccc(C2(C3(N)CC3)COC2)cc1F. The summed E-state index contributed by atoms with van der Waals surface area (Å²) in [6, 6.07) is 5.10. The quantitative estimate of drug-likeness (QED) is 0.868. The Morgan fingerprint density at radius 2 is 2.06 bits per heavy atom. The molecule has 1 saturated carbocycles. The zero-order valence-corrected chi connectivity index (χ0v) is 9.83. The number of ether oxygens (including phenoxy) is 2. The van der Waals surface area contributed by atoms with E-state index in [1.54, 1.807) is 6.07 Å². The molecule has 1 aliphatic carbocycles. The smallest absolute Gasteiger partial charge is 0.165 e. The first kappa shape index (κ1) is 11.0. The molecule has 2 N–H and O–H groups in total. The zero-order valence-electron chi connectivity index (χ0n) is 9.83. The van der Waals surface area contributed by atoms with Crippen LogP contribution >= 0.6 is 0 Å². The van der Waals surface area contributed by atoms with Gasteiger partial charge in [-0.2, -0.15) is 0 Å². The predicted molar refractivity (Wildman–Crippen MR) is 61.6 cm³/mol. The molecule has 0 spiro atoms. The maximum Gasteiger partial charge on any atom is 0.165 e. The van der Waals surface area contributed by atoms with Gasteiger partial charge in [-0.25, -0.2) is 4.39 Å². The highest BCUT2D eigenvalue weighted by molar-refractivity contribution is 5.41. The van der Waals surface area contributed by atoms with Crippen LogP contribution in [0.5, 0.6) is 5.75 Å². The van der Waals surface area contributed by atoms with Gasteiger partial charge < -0.3 is 15.2 Å². The van der Waals surface area contributed by atoms with Crippen LogP contribution in [0.3, 0.4) is 0 Å². The molecule has 2 aliphatic rings. The lowest BCUT2D eigenvalue weighted by Gasteiger charge is -2.47. The van der Waals surface area contributed by atoms with Gasteiger partial charge in [0.15, 0.2) is 11.6 Å². The summed E-state index contributed by atoms with van der Waals surface area (Å²) < 4.78 is 24.0. The van der Waals surface area contributed by atoms with Crippen LogP contribution in [0.1, 0.15) is 18.4 Å². The number of hydrogen-bond donors (Lipinski definition) is 1. The highest BCUT2D eigenvalue weighted by Crippen LogP contribution is 2.53. The fourth-order valence-electron chi connectivity index (χ4n) is 2.63. The van der Waals surface area contributed by atoms with E-state index in [0.717, 1.165) is 18.4 Å². The van der Waals surface area contributed by atoms with Crippen LogP contribution in [0, 0.1) is 5.82 Å². The van der Waals surface area contributed by atoms with Gasteiger partial charge in [0, 0.05) is 5.54 Å². The fourth-order valence-corrected chi connectivity index (χ4v) is 2.63. The van der Waals surface area contributed by atoms with E-state index in [2.05, 4.69) is 0 Å². The van der Waals surface area contributed by atoms with Crippen molar-refractivity contribution in [3.05, 3.63) is 29.6 Å². The highest BCUT2D eigenvalue weighted by atomic mass is 19.1. The van der Waals surface area contributed by atoms with Crippen LogP contribution in [-0.4, -0.2) is 25.9 Å². The number of nitrogens with two attached hydrogens (primary N) is 1. The number of rotatable bonds is 3. The van der Waals surface area contributed by atoms with E-state index in [0.29, 0.717) is 13.2 Å². The summed E-state index contributed by atoms with van der Waals surface area (Å²) in [5.41, 5.74) is 6.84. The molecule has 4 heteroatoms. The Bertz CT molecular complexity index is 453. The van der Waals surface area contributed by atoms with E-state index in [1.165, 1.54) is 13.2 Å². The lowest BCUT2D eigenvalue weighted by atomic mass is 9.70. The topological polar surface area (TPSA) is 44.5 Å². The molecule has 2 fully saturated rings. The van der Waals surface area contributed by atoms with Gasteiger partial charge in [0.05, 0.1) is 25.7 Å². The van der Waals surface area contributed by atoms with Crippen LogP contribution < -0.4 is 10.5 Å². The average molecular weight is 237 g/mol. The second-order valence-electron chi connectivity index (χ2n) is 5.08. The Hall–Kier alpha value is -1.13. The third kappa shape index (κ3) is 1.40. The van der Waals surface area contributed by atoms with Gasteiger partial charge in [0.25, 0.3) is 0 Å². The van der Waals surface area contributed by atoms with Crippen LogP contribution in [0.2, 0.25) is 0 Å². The van der Waals surface area contributed by atoms with Crippen molar-refractivity contribution in [2.45, 2.75) is 23.8 Å². The molecule has 0 radical (unpaired) electrons. The van der Waals surface area contributed by atoms with Crippen molar-refractivity contribution in [1.82, 2.24) is 0 Å². The zero-order chi connectivity index (χ0) is 12.1. The first-order valence-electron chi connectivity index (χ1n) is 5.82. The van der Waals surface area contributed by atoms with E-state index in [9.17, 15) is 4.39 Å². The Labute approximate surface area is 99.7 Å². The van der Waals surface area contributed by atoms with Crippen LogP contribution in [0.4, 0.5) is 4.39 Å². The molecule has 1 aliphatic heterocycles. The summed E-state index contributed by atoms with van der Waals surface area (Å²) in [5.74, 6) is -0.0634. The molecular weight excluding hydrogens is 221 g/mol. The van der Waals surface area contributed by atoms with E-state index in [1.807, 2.05) is 6.07 Å². The van der Waals surface area contributed by atoms with E-state index in [-0.39, 0.29) is 22.5 Å². The number of benzene rings is 1. The van der Waals surface area contributed by atoms with Gasteiger partial charge in [-0.3, -0.25) is 0 Å². The molecule has 0 unspecified atom stereocenters. The second-order valence-corrected chi connectivity index (χ2v) is 5.08. The summed E-state index contributed by atoms with van der Waals surface area (Å²) in [4.78, 5) is 0. The molecule has 0 atom stereocenters. The molecule has 0 bridgehead atoms. The minimum atomic E-state index is -0.333. The lowest BCUT2D eigenvalue weighted by Crippen LogP contribution is -2.60. The third-order valence-electron chi connectivity index (χ3n) is 4.14. The lowest BCUT2D eigenvalue weighted by molar-refractivity contribution is -0.0787. The highest BCUT2D eigenvalue weighted by Gasteiger charge is 2.61. The number of methoxy groups -OCH3 is 1. The predicted octanol–water partition coefficient (Wildman–Crippen LogP) is 1.59. The molecule has 1 saturated heterocycles. The summed E-state index contributed by atoms with van der Waals surface area (Å²) in [6.45, 7) is 1.19. The third-order valence-corrected chi connectivity index (χ3v) is 4.14. The van der Waals surface area contributed by atoms with Crippen LogP contribution in [0.25, 0.3) is 0 Å². The molecule has 0 aromatic heterocycles. The minimum absolute atomic E-state index is 0.194. The van der Waals surface area contributed by atoms with E-state index in [4.69, 9.17) is 15.2 Å². The average Bonchev–Trinajstić information content (AvgIpc) is 2.96. The fraction of sp³-hybridized carbons (Fsp3) is 0.538. The van der Waals surface area contributed by atoms with E-state index >= 15 is 0 Å². The molecule has 1 heterocycles. The molecule has 1 aromatic carbocycles. The van der Waals surface area contributed by atoms with Crippen LogP contribution in [-0.2, 0) is 10.2 Å². The normalized spacial score (nSPS) is 23.9. The summed E-state index contributed by atoms with van der Waals surface area (Å²) in [7, 11) is 1.46. The Morgan fingerprint density at radius 3 is 2.47 bits per heavy atom. The van der Waals surface area contributed by atoms with E-state index < -0.39 is 0 Å². The largest absolute Gasteiger partial charge is 0.494 e. The Morgan fingerprint density at radius 1 is 1.35 bits per heavy atom. The minimum Gasteiger partial charge on any atom is -0.494 e. The van der Waals surface area contributed by atoms with Gasteiger partial charge in [-0.1, -0.05) is 6.07 Å². The number of halogens is 1. The van der Waals surface area contributed by atoms with Crippen molar-refractivity contribution < 1.29 is 13.9 Å². The van der Waals surface area contributed by atoms with Gasteiger partial charge in [-0.15, -0.1) is 0 Å². The van der Waals surface area contributed by atoms with Gasteiger partial charge in [-0.05, 0) is 30.5 Å². The van der Waals surface area contributed by atoms with Gasteiger partial charge in [0.2, 0.25) is 0 Å². The molecule has 92 valence electrons. The van der Waals surface area contributed by atoms with Gasteiger partial charge >= 0.3 is 0 Å². The maximum absolute atomic E-state index is 13.7. The summed E-state index contributed by atoms with van der Waals surface area (Å²) in [6.07, 6.45) is 1.98. The standard InChI is InChI=1S/C13H16FNO2/c1-16-11-3-2-9(6-10(11)14)12(7-17-8-12)13(15)4-5-13/h2-3,6H,4-5,7-8,15H2,1H3. The second kappa shape index (κ2) is 3.43. The van der Waals surface area contributed by atoms with Crippen molar-refractivity contribution in [2.75, 3.05) is 20.3 Å². The first-order valence-corrected chi connectivity index (χ1v) is 5.82. The summed E-state index contributed by atoms with van der Waals surface area (Å²) >= 11 is 0. The molecule has 3 nitrogen and oxygen atoms in total. The summed E-state index contributed by atoms with van der Waals surface area (Å²) in [5, 5.41) is 0. The molecule has 1 aromatic rings. The van der Waals surface area contributed by atoms with Crippen molar-refractivity contribution in [3.8, 4) is 5.75 Å². The molecule has 17 heavy (non-hydrogen) atoms. The Kier molecular flexibility index (Phi) is 2.22. The van der Waals surface area contributed by atoms with Crippen molar-refractivity contribution in [3.63, 3.8) is 0 Å². The van der Waals surface area contributed by atoms with Crippen molar-refractivity contribution in [2.24, 2.45) is 5.73 Å². The van der Waals surface area contributed by atoms with Gasteiger partial charge in [0.1, 0.15) is 0 Å². The molecule has 0 amide bonds. The van der Waals surface area contributed by atoms with Crippen molar-refractivity contribution >= 4 is 0 Å². The molecular formula is C13H16FNO2. The first-order chi connectivity index (χ1) is 8.11. The number of hydrogen-bond acceptors (Lipinski definition) is 3. The molecule has 3 rings (SSSR count). The maximum atomic E-state index is 13.7. The monoisotopic (exact) mass is 237 g/mol. The van der Waals surface area contributed by atoms with Crippen LogP contribution in [0.15, 0.2) is 18.2 Å².